The minimum absolute atomic E-state index is 0. The summed E-state index contributed by atoms with van der Waals surface area (Å²) in [7, 11) is -6.20. The Labute approximate surface area is 151 Å². The molecule has 10 nitrogen and oxygen atoms in total. The van der Waals surface area contributed by atoms with Gasteiger partial charge in [-0.2, -0.15) is 0 Å². The second-order valence-corrected chi connectivity index (χ2v) is 7.27. The van der Waals surface area contributed by atoms with E-state index < -0.39 is 14.7 Å². The zero-order valence-electron chi connectivity index (χ0n) is 11.0. The van der Waals surface area contributed by atoms with Gasteiger partial charge in [0.1, 0.15) is 0 Å². The first-order valence-corrected chi connectivity index (χ1v) is 7.72. The maximum Gasteiger partial charge on any atom is 0.226 e. The predicted octanol–water partition coefficient (Wildman–Crippen LogP) is -0.395. The molecule has 0 saturated carbocycles. The summed E-state index contributed by atoms with van der Waals surface area (Å²) in [4.78, 5) is 16.9. The van der Waals surface area contributed by atoms with Gasteiger partial charge in [0, 0.05) is 58.4 Å². The van der Waals surface area contributed by atoms with Crippen LogP contribution in [0.3, 0.4) is 0 Å². The molecule has 0 aliphatic carbocycles. The first-order chi connectivity index (χ1) is 6.24. The molecule has 110 valence electrons. The van der Waals surface area contributed by atoms with Crippen LogP contribution >= 0.6 is 14.7 Å². The Bertz CT molecular complexity index is 211. The first kappa shape index (κ1) is 42.9. The van der Waals surface area contributed by atoms with E-state index >= 15 is 0 Å². The van der Waals surface area contributed by atoms with Crippen LogP contribution in [0, 0.1) is 0 Å². The molecule has 0 spiro atoms. The summed E-state index contributed by atoms with van der Waals surface area (Å²) in [6.45, 7) is 0. The van der Waals surface area contributed by atoms with Gasteiger partial charge in [-0.3, -0.25) is 9.13 Å². The third kappa shape index (κ3) is 33.1. The SMILES string of the molecule is NCP(=O)(O)CN.NCP(=O)(O)CN.[NH2-].[NH2-].[Zn].[Zn].[Zn]. The average molecular weight is 476 g/mol. The molecule has 0 radical (unpaired) electrons. The molecule has 15 heteroatoms. The third-order valence-corrected chi connectivity index (χ3v) is 3.42. The Morgan fingerprint density at radius 2 is 0.737 bits per heavy atom. The van der Waals surface area contributed by atoms with Crippen molar-refractivity contribution in [1.82, 2.24) is 0 Å². The van der Waals surface area contributed by atoms with Gasteiger partial charge >= 0.3 is 0 Å². The average Bonchev–Trinajstić information content (AvgIpc) is 2.19. The number of nitrogens with two attached hydrogens (primary N) is 6. The summed E-state index contributed by atoms with van der Waals surface area (Å²) in [6.07, 6.45) is -0.875. The zero-order chi connectivity index (χ0) is 11.8. The van der Waals surface area contributed by atoms with Gasteiger partial charge in [-0.15, -0.1) is 0 Å². The predicted molar refractivity (Wildman–Crippen MR) is 66.4 cm³/mol. The van der Waals surface area contributed by atoms with Crippen molar-refractivity contribution in [2.75, 3.05) is 25.1 Å². The topological polar surface area (TPSA) is 246 Å². The first-order valence-electron chi connectivity index (χ1n) is 3.66. The third-order valence-electron chi connectivity index (χ3n) is 1.14. The molecule has 0 saturated heterocycles. The van der Waals surface area contributed by atoms with Crippen molar-refractivity contribution in [3.05, 3.63) is 12.3 Å². The fourth-order valence-electron chi connectivity index (χ4n) is 0.149. The smallest absolute Gasteiger partial charge is 0.226 e. The summed E-state index contributed by atoms with van der Waals surface area (Å²) < 4.78 is 20.5. The minimum Gasteiger partial charge on any atom is -0.693 e. The molecule has 0 atom stereocenters. The minimum atomic E-state index is -3.10. The van der Waals surface area contributed by atoms with E-state index in [1.165, 1.54) is 0 Å². The summed E-state index contributed by atoms with van der Waals surface area (Å²) in [5, 5.41) is 0. The maximum atomic E-state index is 10.3. The fourth-order valence-corrected chi connectivity index (χ4v) is 0.447. The van der Waals surface area contributed by atoms with Crippen LogP contribution in [-0.2, 0) is 67.6 Å². The van der Waals surface area contributed by atoms with Crippen molar-refractivity contribution >= 4 is 14.7 Å². The molecule has 0 bridgehead atoms. The quantitative estimate of drug-likeness (QED) is 0.230. The van der Waals surface area contributed by atoms with Crippen molar-refractivity contribution < 1.29 is 77.4 Å². The van der Waals surface area contributed by atoms with Crippen LogP contribution in [-0.4, -0.2) is 34.9 Å². The molecule has 19 heavy (non-hydrogen) atoms. The van der Waals surface area contributed by atoms with E-state index in [9.17, 15) is 9.13 Å². The van der Waals surface area contributed by atoms with Gasteiger partial charge in [0.25, 0.3) is 0 Å². The molecule has 0 rings (SSSR count). The van der Waals surface area contributed by atoms with Gasteiger partial charge in [0.15, 0.2) is 0 Å². The Morgan fingerprint density at radius 1 is 0.632 bits per heavy atom. The molecule has 0 unspecified atom stereocenters. The molecular weight excluding hydrogens is 454 g/mol. The van der Waals surface area contributed by atoms with Gasteiger partial charge in [-0.05, 0) is 0 Å². The molecule has 0 aromatic carbocycles. The summed E-state index contributed by atoms with van der Waals surface area (Å²) in [6, 6.07) is 0. The van der Waals surface area contributed by atoms with E-state index in [-0.39, 0.29) is 95.9 Å². The van der Waals surface area contributed by atoms with Gasteiger partial charge in [-0.1, -0.05) is 0 Å². The number of rotatable bonds is 4. The van der Waals surface area contributed by atoms with E-state index in [4.69, 9.17) is 32.7 Å². The van der Waals surface area contributed by atoms with Crippen molar-refractivity contribution in [3.8, 4) is 0 Å². The van der Waals surface area contributed by atoms with E-state index in [1.807, 2.05) is 0 Å². The van der Waals surface area contributed by atoms with Crippen LogP contribution in [0.25, 0.3) is 12.3 Å². The normalized spacial score (nSPS) is 8.74. The van der Waals surface area contributed by atoms with E-state index in [1.54, 1.807) is 0 Å². The van der Waals surface area contributed by atoms with Crippen LogP contribution in [0.4, 0.5) is 0 Å². The second-order valence-electron chi connectivity index (χ2n) is 2.42. The van der Waals surface area contributed by atoms with Crippen molar-refractivity contribution in [3.63, 3.8) is 0 Å². The monoisotopic (exact) mass is 472 g/mol. The molecule has 0 heterocycles. The molecular formula is C4H22N6O4P2Zn3-2. The number of hydrogen-bond donors (Lipinski definition) is 6. The largest absolute Gasteiger partial charge is 0.693 e. The summed E-state index contributed by atoms with van der Waals surface area (Å²) in [5.74, 6) is 0. The fraction of sp³-hybridized carbons (Fsp3) is 1.00. The van der Waals surface area contributed by atoms with Crippen LogP contribution in [0.2, 0.25) is 0 Å². The number of hydrogen-bond acceptors (Lipinski definition) is 6. The van der Waals surface area contributed by atoms with E-state index in [0.29, 0.717) is 0 Å². The zero-order valence-corrected chi connectivity index (χ0v) is 21.7. The molecule has 0 fully saturated rings. The summed E-state index contributed by atoms with van der Waals surface area (Å²) >= 11 is 0. The van der Waals surface area contributed by atoms with Crippen LogP contribution in [0.5, 0.6) is 0 Å². The van der Waals surface area contributed by atoms with Gasteiger partial charge < -0.3 is 45.0 Å². The molecule has 0 aliphatic heterocycles. The molecule has 0 aliphatic rings. The van der Waals surface area contributed by atoms with E-state index in [0.717, 1.165) is 0 Å². The van der Waals surface area contributed by atoms with Crippen molar-refractivity contribution in [2.24, 2.45) is 22.9 Å². The van der Waals surface area contributed by atoms with Crippen LogP contribution < -0.4 is 22.9 Å². The van der Waals surface area contributed by atoms with Crippen molar-refractivity contribution in [2.45, 2.75) is 0 Å². The summed E-state index contributed by atoms with van der Waals surface area (Å²) in [5.41, 5.74) is 19.3. The maximum absolute atomic E-state index is 10.3. The Balaban J connectivity index is -0.0000000240. The Kier molecular flexibility index (Phi) is 50.3. The molecule has 0 aromatic heterocycles. The van der Waals surface area contributed by atoms with Crippen molar-refractivity contribution in [1.29, 1.82) is 0 Å². The Morgan fingerprint density at radius 3 is 0.737 bits per heavy atom. The standard InChI is InChI=1S/2C2H9N2O2P.2H2N.3Zn/c2*3-1-7(5,6)2-4;;;;;/h2*1-4H2,(H,5,6);2*1H2;;;/q;;2*-1;;;. The molecule has 0 aromatic rings. The van der Waals surface area contributed by atoms with Crippen LogP contribution in [0.1, 0.15) is 0 Å². The van der Waals surface area contributed by atoms with Gasteiger partial charge in [0.2, 0.25) is 14.7 Å². The van der Waals surface area contributed by atoms with Crippen LogP contribution in [0.15, 0.2) is 0 Å². The molecule has 0 amide bonds. The van der Waals surface area contributed by atoms with Gasteiger partial charge in [0.05, 0.1) is 25.1 Å². The van der Waals surface area contributed by atoms with Gasteiger partial charge in [-0.25, -0.2) is 0 Å². The van der Waals surface area contributed by atoms with E-state index in [2.05, 4.69) is 0 Å². The second kappa shape index (κ2) is 22.3. The Hall–Kier alpha value is 2.01. The molecule has 14 N–H and O–H groups in total.